The predicted octanol–water partition coefficient (Wildman–Crippen LogP) is 4.22. The van der Waals surface area contributed by atoms with Gasteiger partial charge < -0.3 is 0 Å². The standard InChI is InChI=1S/C13H19N/c1-4-12(10-11(2)3)14-13-8-6-5-7-9-13/h5-9,11H,4,10H2,1-3H3. The van der Waals surface area contributed by atoms with Crippen molar-refractivity contribution < 1.29 is 0 Å². The highest BCUT2D eigenvalue weighted by Crippen LogP contribution is 2.14. The fourth-order valence-corrected chi connectivity index (χ4v) is 1.43. The summed E-state index contributed by atoms with van der Waals surface area (Å²) < 4.78 is 0. The van der Waals surface area contributed by atoms with Gasteiger partial charge in [-0.25, -0.2) is 0 Å². The quantitative estimate of drug-likeness (QED) is 0.629. The number of para-hydroxylation sites is 1. The molecule has 14 heavy (non-hydrogen) atoms. The Labute approximate surface area is 86.9 Å². The van der Waals surface area contributed by atoms with Gasteiger partial charge in [0.2, 0.25) is 0 Å². The molecular formula is C13H19N. The van der Waals surface area contributed by atoms with Gasteiger partial charge in [0, 0.05) is 5.71 Å². The van der Waals surface area contributed by atoms with Crippen molar-refractivity contribution in [2.24, 2.45) is 10.9 Å². The molecule has 0 saturated heterocycles. The van der Waals surface area contributed by atoms with Gasteiger partial charge in [-0.3, -0.25) is 4.99 Å². The van der Waals surface area contributed by atoms with Crippen LogP contribution in [0.3, 0.4) is 0 Å². The highest BCUT2D eigenvalue weighted by Gasteiger charge is 2.00. The van der Waals surface area contributed by atoms with Crippen molar-refractivity contribution in [3.8, 4) is 0 Å². The molecule has 1 heteroatoms. The van der Waals surface area contributed by atoms with Crippen LogP contribution in [0, 0.1) is 5.92 Å². The first kappa shape index (κ1) is 11.0. The lowest BCUT2D eigenvalue weighted by atomic mass is 10.0. The van der Waals surface area contributed by atoms with E-state index in [0.29, 0.717) is 5.92 Å². The van der Waals surface area contributed by atoms with Crippen LogP contribution in [-0.2, 0) is 0 Å². The molecule has 0 radical (unpaired) electrons. The number of benzene rings is 1. The minimum absolute atomic E-state index is 0.692. The summed E-state index contributed by atoms with van der Waals surface area (Å²) in [6.07, 6.45) is 2.15. The minimum Gasteiger partial charge on any atom is -0.258 e. The Hall–Kier alpha value is -1.11. The Morgan fingerprint density at radius 2 is 1.86 bits per heavy atom. The van der Waals surface area contributed by atoms with Crippen molar-refractivity contribution >= 4 is 11.4 Å². The van der Waals surface area contributed by atoms with E-state index in [2.05, 4.69) is 37.9 Å². The normalized spacial score (nSPS) is 12.1. The molecule has 0 saturated carbocycles. The molecule has 0 heterocycles. The average Bonchev–Trinajstić information content (AvgIpc) is 2.17. The van der Waals surface area contributed by atoms with Crippen molar-refractivity contribution in [1.82, 2.24) is 0 Å². The van der Waals surface area contributed by atoms with Crippen LogP contribution in [-0.4, -0.2) is 5.71 Å². The molecule has 0 aliphatic carbocycles. The first-order valence-electron chi connectivity index (χ1n) is 5.34. The van der Waals surface area contributed by atoms with E-state index >= 15 is 0 Å². The first-order valence-corrected chi connectivity index (χ1v) is 5.34. The number of hydrogen-bond donors (Lipinski definition) is 0. The van der Waals surface area contributed by atoms with Crippen LogP contribution in [0.15, 0.2) is 35.3 Å². The van der Waals surface area contributed by atoms with E-state index in [4.69, 9.17) is 0 Å². The maximum atomic E-state index is 4.63. The summed E-state index contributed by atoms with van der Waals surface area (Å²) >= 11 is 0. The first-order chi connectivity index (χ1) is 6.72. The molecule has 1 nitrogen and oxygen atoms in total. The van der Waals surface area contributed by atoms with Crippen LogP contribution < -0.4 is 0 Å². The molecule has 76 valence electrons. The van der Waals surface area contributed by atoms with Crippen LogP contribution >= 0.6 is 0 Å². The van der Waals surface area contributed by atoms with Crippen molar-refractivity contribution in [2.45, 2.75) is 33.6 Å². The van der Waals surface area contributed by atoms with E-state index in [9.17, 15) is 0 Å². The molecule has 0 aromatic heterocycles. The molecule has 1 aromatic carbocycles. The summed E-state index contributed by atoms with van der Waals surface area (Å²) in [6, 6.07) is 10.2. The second-order valence-electron chi connectivity index (χ2n) is 3.97. The maximum absolute atomic E-state index is 4.63. The number of nitrogens with zero attached hydrogens (tertiary/aromatic N) is 1. The zero-order valence-corrected chi connectivity index (χ0v) is 9.33. The van der Waals surface area contributed by atoms with Gasteiger partial charge in [-0.15, -0.1) is 0 Å². The van der Waals surface area contributed by atoms with Gasteiger partial charge in [-0.2, -0.15) is 0 Å². The Morgan fingerprint density at radius 3 is 2.36 bits per heavy atom. The van der Waals surface area contributed by atoms with Gasteiger partial charge in [0.15, 0.2) is 0 Å². The fourth-order valence-electron chi connectivity index (χ4n) is 1.43. The van der Waals surface area contributed by atoms with Crippen LogP contribution in [0.2, 0.25) is 0 Å². The van der Waals surface area contributed by atoms with Crippen LogP contribution in [0.1, 0.15) is 33.6 Å². The lowest BCUT2D eigenvalue weighted by Crippen LogP contribution is -2.00. The molecule has 0 atom stereocenters. The lowest BCUT2D eigenvalue weighted by Gasteiger charge is -2.06. The summed E-state index contributed by atoms with van der Waals surface area (Å²) in [6.45, 7) is 6.64. The van der Waals surface area contributed by atoms with Crippen molar-refractivity contribution in [1.29, 1.82) is 0 Å². The van der Waals surface area contributed by atoms with E-state index in [1.54, 1.807) is 0 Å². The van der Waals surface area contributed by atoms with Crippen LogP contribution in [0.4, 0.5) is 5.69 Å². The molecule has 0 N–H and O–H groups in total. The highest BCUT2D eigenvalue weighted by molar-refractivity contribution is 5.86. The summed E-state index contributed by atoms with van der Waals surface area (Å²) in [5.41, 5.74) is 2.37. The molecule has 0 bridgehead atoms. The molecule has 0 amide bonds. The lowest BCUT2D eigenvalue weighted by molar-refractivity contribution is 0.678. The van der Waals surface area contributed by atoms with E-state index in [0.717, 1.165) is 18.5 Å². The SMILES string of the molecule is CCC(CC(C)C)=Nc1ccccc1. The van der Waals surface area contributed by atoms with Gasteiger partial charge >= 0.3 is 0 Å². The number of aliphatic imine (C=N–C) groups is 1. The number of hydrogen-bond acceptors (Lipinski definition) is 1. The van der Waals surface area contributed by atoms with Gasteiger partial charge in [0.1, 0.15) is 0 Å². The van der Waals surface area contributed by atoms with Gasteiger partial charge in [0.05, 0.1) is 5.69 Å². The highest BCUT2D eigenvalue weighted by atomic mass is 14.7. The van der Waals surface area contributed by atoms with Crippen LogP contribution in [0.5, 0.6) is 0 Å². The van der Waals surface area contributed by atoms with Crippen molar-refractivity contribution in [2.75, 3.05) is 0 Å². The smallest absolute Gasteiger partial charge is 0.0629 e. The number of rotatable bonds is 4. The zero-order valence-electron chi connectivity index (χ0n) is 9.33. The van der Waals surface area contributed by atoms with Gasteiger partial charge in [-0.1, -0.05) is 39.0 Å². The van der Waals surface area contributed by atoms with E-state index in [-0.39, 0.29) is 0 Å². The summed E-state index contributed by atoms with van der Waals surface area (Å²) in [7, 11) is 0. The molecule has 0 aliphatic rings. The third kappa shape index (κ3) is 3.73. The van der Waals surface area contributed by atoms with Crippen molar-refractivity contribution in [3.63, 3.8) is 0 Å². The van der Waals surface area contributed by atoms with E-state index < -0.39 is 0 Å². The summed E-state index contributed by atoms with van der Waals surface area (Å²) in [4.78, 5) is 4.63. The monoisotopic (exact) mass is 189 g/mol. The molecule has 0 fully saturated rings. The van der Waals surface area contributed by atoms with Gasteiger partial charge in [0.25, 0.3) is 0 Å². The molecule has 1 aromatic rings. The molecular weight excluding hydrogens is 170 g/mol. The predicted molar refractivity (Wildman–Crippen MR) is 63.3 cm³/mol. The maximum Gasteiger partial charge on any atom is 0.0629 e. The minimum atomic E-state index is 0.692. The third-order valence-electron chi connectivity index (χ3n) is 2.10. The van der Waals surface area contributed by atoms with Crippen molar-refractivity contribution in [3.05, 3.63) is 30.3 Å². The molecule has 0 spiro atoms. The Bertz CT molecular complexity index is 285. The Kier molecular flexibility index (Phi) is 4.37. The average molecular weight is 189 g/mol. The summed E-state index contributed by atoms with van der Waals surface area (Å²) in [5, 5.41) is 0. The van der Waals surface area contributed by atoms with Crippen LogP contribution in [0.25, 0.3) is 0 Å². The van der Waals surface area contributed by atoms with E-state index in [1.807, 2.05) is 18.2 Å². The second kappa shape index (κ2) is 5.58. The Morgan fingerprint density at radius 1 is 1.21 bits per heavy atom. The second-order valence-corrected chi connectivity index (χ2v) is 3.97. The summed E-state index contributed by atoms with van der Waals surface area (Å²) in [5.74, 6) is 0.692. The fraction of sp³-hybridized carbons (Fsp3) is 0.462. The largest absolute Gasteiger partial charge is 0.258 e. The molecule has 1 rings (SSSR count). The van der Waals surface area contributed by atoms with E-state index in [1.165, 1.54) is 5.71 Å². The third-order valence-corrected chi connectivity index (χ3v) is 2.10. The molecule has 0 aliphatic heterocycles. The zero-order chi connectivity index (χ0) is 10.4. The Balaban J connectivity index is 2.73. The molecule has 0 unspecified atom stereocenters. The van der Waals surface area contributed by atoms with Gasteiger partial charge in [-0.05, 0) is 30.9 Å². The topological polar surface area (TPSA) is 12.4 Å².